The minimum atomic E-state index is 0.624. The van der Waals surface area contributed by atoms with E-state index >= 15 is 0 Å². The summed E-state index contributed by atoms with van der Waals surface area (Å²) in [6, 6.07) is 6.15. The van der Waals surface area contributed by atoms with Gasteiger partial charge in [-0.15, -0.1) is 0 Å². The third-order valence-electron chi connectivity index (χ3n) is 3.55. The number of hydrogen-bond donors (Lipinski definition) is 1. The number of benzene rings is 1. The molecule has 0 fully saturated rings. The van der Waals surface area contributed by atoms with Crippen molar-refractivity contribution < 1.29 is 9.47 Å². The predicted octanol–water partition coefficient (Wildman–Crippen LogP) is 3.12. The van der Waals surface area contributed by atoms with E-state index in [1.165, 1.54) is 11.3 Å². The lowest BCUT2D eigenvalue weighted by Gasteiger charge is -2.19. The van der Waals surface area contributed by atoms with E-state index in [4.69, 9.17) is 21.7 Å². The first-order valence-electron chi connectivity index (χ1n) is 6.93. The number of imidazole rings is 1. The van der Waals surface area contributed by atoms with Gasteiger partial charge in [-0.2, -0.15) is 0 Å². The molecule has 1 aliphatic heterocycles. The van der Waals surface area contributed by atoms with Gasteiger partial charge in [0.25, 0.3) is 0 Å². The SMILES string of the molecule is CCc1c[nH]c(=S)n1CCc1ccc2c(c1)OCCO2. The third kappa shape index (κ3) is 2.58. The number of hydrogen-bond acceptors (Lipinski definition) is 3. The normalized spacial score (nSPS) is 13.4. The van der Waals surface area contributed by atoms with Crippen molar-refractivity contribution in [3.05, 3.63) is 40.4 Å². The summed E-state index contributed by atoms with van der Waals surface area (Å²) in [7, 11) is 0. The molecule has 106 valence electrons. The molecule has 0 amide bonds. The first kappa shape index (κ1) is 13.2. The van der Waals surface area contributed by atoms with Crippen molar-refractivity contribution in [2.75, 3.05) is 13.2 Å². The van der Waals surface area contributed by atoms with Gasteiger partial charge in [-0.1, -0.05) is 13.0 Å². The second-order valence-electron chi connectivity index (χ2n) is 4.82. The molecule has 0 unspecified atom stereocenters. The Hall–Kier alpha value is -1.75. The number of nitrogens with zero attached hydrogens (tertiary/aromatic N) is 1. The fourth-order valence-electron chi connectivity index (χ4n) is 2.45. The molecule has 0 saturated heterocycles. The summed E-state index contributed by atoms with van der Waals surface area (Å²) in [5.41, 5.74) is 2.48. The molecule has 0 spiro atoms. The van der Waals surface area contributed by atoms with E-state index in [-0.39, 0.29) is 0 Å². The van der Waals surface area contributed by atoms with E-state index in [1.807, 2.05) is 12.3 Å². The van der Waals surface area contributed by atoms with Gasteiger partial charge in [0.15, 0.2) is 16.3 Å². The smallest absolute Gasteiger partial charge is 0.177 e. The second-order valence-corrected chi connectivity index (χ2v) is 5.21. The Kier molecular flexibility index (Phi) is 3.78. The zero-order valence-electron chi connectivity index (χ0n) is 11.5. The van der Waals surface area contributed by atoms with Crippen molar-refractivity contribution in [1.82, 2.24) is 9.55 Å². The fraction of sp³-hybridized carbons (Fsp3) is 0.400. The molecule has 1 aliphatic rings. The highest BCUT2D eigenvalue weighted by molar-refractivity contribution is 7.71. The molecular weight excluding hydrogens is 272 g/mol. The first-order valence-corrected chi connectivity index (χ1v) is 7.34. The number of rotatable bonds is 4. The maximum atomic E-state index is 5.61. The van der Waals surface area contributed by atoms with Crippen molar-refractivity contribution in [1.29, 1.82) is 0 Å². The van der Waals surface area contributed by atoms with Crippen molar-refractivity contribution in [3.63, 3.8) is 0 Å². The number of ether oxygens (including phenoxy) is 2. The van der Waals surface area contributed by atoms with E-state index < -0.39 is 0 Å². The summed E-state index contributed by atoms with van der Waals surface area (Å²) in [6.45, 7) is 4.27. The van der Waals surface area contributed by atoms with Gasteiger partial charge in [0.05, 0.1) is 0 Å². The summed E-state index contributed by atoms with van der Waals surface area (Å²) >= 11 is 5.31. The molecule has 2 aromatic rings. The van der Waals surface area contributed by atoms with Crippen molar-refractivity contribution in [2.24, 2.45) is 0 Å². The van der Waals surface area contributed by atoms with E-state index in [2.05, 4.69) is 28.6 Å². The van der Waals surface area contributed by atoms with E-state index in [1.54, 1.807) is 0 Å². The molecule has 0 atom stereocenters. The molecule has 3 rings (SSSR count). The number of aromatic nitrogens is 2. The molecule has 1 aromatic heterocycles. The number of nitrogens with one attached hydrogen (secondary N) is 1. The summed E-state index contributed by atoms with van der Waals surface area (Å²) in [4.78, 5) is 3.11. The Morgan fingerprint density at radius 2 is 2.05 bits per heavy atom. The summed E-state index contributed by atoms with van der Waals surface area (Å²) < 4.78 is 14.1. The van der Waals surface area contributed by atoms with E-state index in [9.17, 15) is 0 Å². The molecule has 2 heterocycles. The van der Waals surface area contributed by atoms with Gasteiger partial charge in [-0.3, -0.25) is 0 Å². The van der Waals surface area contributed by atoms with Gasteiger partial charge in [0.1, 0.15) is 13.2 Å². The highest BCUT2D eigenvalue weighted by Gasteiger charge is 2.11. The van der Waals surface area contributed by atoms with Crippen LogP contribution >= 0.6 is 12.2 Å². The molecule has 20 heavy (non-hydrogen) atoms. The average molecular weight is 290 g/mol. The van der Waals surface area contributed by atoms with Crippen molar-refractivity contribution in [2.45, 2.75) is 26.3 Å². The lowest BCUT2D eigenvalue weighted by atomic mass is 10.1. The van der Waals surface area contributed by atoms with E-state index in [0.29, 0.717) is 13.2 Å². The molecule has 1 aromatic carbocycles. The minimum Gasteiger partial charge on any atom is -0.486 e. The van der Waals surface area contributed by atoms with Crippen LogP contribution in [0.15, 0.2) is 24.4 Å². The third-order valence-corrected chi connectivity index (χ3v) is 3.89. The van der Waals surface area contributed by atoms with Gasteiger partial charge in [-0.05, 0) is 42.8 Å². The molecule has 5 heteroatoms. The second kappa shape index (κ2) is 5.71. The Balaban J connectivity index is 1.75. The van der Waals surface area contributed by atoms with Crippen LogP contribution in [0, 0.1) is 4.77 Å². The molecule has 0 radical (unpaired) electrons. The van der Waals surface area contributed by atoms with Crippen LogP contribution in [0.2, 0.25) is 0 Å². The standard InChI is InChI=1S/C15H18N2O2S/c1-2-12-10-16-15(20)17(12)6-5-11-3-4-13-14(9-11)19-8-7-18-13/h3-4,9-10H,2,5-8H2,1H3,(H,16,20). The quantitative estimate of drug-likeness (QED) is 0.879. The van der Waals surface area contributed by atoms with Gasteiger partial charge in [-0.25, -0.2) is 0 Å². The fourth-order valence-corrected chi connectivity index (χ4v) is 2.72. The number of aromatic amines is 1. The van der Waals surface area contributed by atoms with Crippen LogP contribution in [0.3, 0.4) is 0 Å². The number of H-pyrrole nitrogens is 1. The monoisotopic (exact) mass is 290 g/mol. The van der Waals surface area contributed by atoms with Crippen molar-refractivity contribution in [3.8, 4) is 11.5 Å². The Morgan fingerprint density at radius 1 is 1.25 bits per heavy atom. The Bertz CT molecular complexity index is 660. The van der Waals surface area contributed by atoms with Crippen LogP contribution < -0.4 is 9.47 Å². The van der Waals surface area contributed by atoms with Crippen LogP contribution in [0.1, 0.15) is 18.2 Å². The summed E-state index contributed by atoms with van der Waals surface area (Å²) in [5, 5.41) is 0. The molecule has 0 saturated carbocycles. The summed E-state index contributed by atoms with van der Waals surface area (Å²) in [5.74, 6) is 1.69. The summed E-state index contributed by atoms with van der Waals surface area (Å²) in [6.07, 6.45) is 3.90. The van der Waals surface area contributed by atoms with Gasteiger partial charge in [0, 0.05) is 18.4 Å². The number of fused-ring (bicyclic) bond motifs is 1. The van der Waals surface area contributed by atoms with Crippen LogP contribution in [0.25, 0.3) is 0 Å². The maximum Gasteiger partial charge on any atom is 0.177 e. The van der Waals surface area contributed by atoms with E-state index in [0.717, 1.165) is 35.7 Å². The lowest BCUT2D eigenvalue weighted by molar-refractivity contribution is 0.171. The van der Waals surface area contributed by atoms with Gasteiger partial charge >= 0.3 is 0 Å². The largest absolute Gasteiger partial charge is 0.486 e. The molecular formula is C15H18N2O2S. The molecule has 0 aliphatic carbocycles. The molecule has 0 bridgehead atoms. The predicted molar refractivity (Wildman–Crippen MR) is 80.1 cm³/mol. The van der Waals surface area contributed by atoms with Crippen LogP contribution in [-0.4, -0.2) is 22.8 Å². The average Bonchev–Trinajstić information content (AvgIpc) is 2.85. The van der Waals surface area contributed by atoms with Gasteiger partial charge in [0.2, 0.25) is 0 Å². The number of aryl methyl sites for hydroxylation is 2. The molecule has 1 N–H and O–H groups in total. The van der Waals surface area contributed by atoms with Crippen molar-refractivity contribution >= 4 is 12.2 Å². The Morgan fingerprint density at radius 3 is 2.85 bits per heavy atom. The van der Waals surface area contributed by atoms with Gasteiger partial charge < -0.3 is 19.0 Å². The minimum absolute atomic E-state index is 0.624. The zero-order valence-corrected chi connectivity index (χ0v) is 12.3. The topological polar surface area (TPSA) is 39.2 Å². The Labute approximate surface area is 123 Å². The van der Waals surface area contributed by atoms with Crippen LogP contribution in [0.5, 0.6) is 11.5 Å². The highest BCUT2D eigenvalue weighted by Crippen LogP contribution is 2.30. The highest BCUT2D eigenvalue weighted by atomic mass is 32.1. The van der Waals surface area contributed by atoms with Crippen LogP contribution in [0.4, 0.5) is 0 Å². The van der Waals surface area contributed by atoms with Crippen LogP contribution in [-0.2, 0) is 19.4 Å². The zero-order chi connectivity index (χ0) is 13.9. The lowest BCUT2D eigenvalue weighted by Crippen LogP contribution is -2.15. The first-order chi connectivity index (χ1) is 9.78. The molecule has 4 nitrogen and oxygen atoms in total. The maximum absolute atomic E-state index is 5.61.